The maximum Gasteiger partial charge on any atom is 0.249 e. The third-order valence-electron chi connectivity index (χ3n) is 4.87. The van der Waals surface area contributed by atoms with Crippen LogP contribution in [-0.2, 0) is 9.53 Å². The van der Waals surface area contributed by atoms with E-state index < -0.39 is 0 Å². The highest BCUT2D eigenvalue weighted by atomic mass is 35.5. The zero-order chi connectivity index (χ0) is 14.8. The van der Waals surface area contributed by atoms with Crippen molar-refractivity contribution in [3.63, 3.8) is 0 Å². The third-order valence-corrected chi connectivity index (χ3v) is 4.87. The molecule has 4 atom stereocenters. The summed E-state index contributed by atoms with van der Waals surface area (Å²) in [6.07, 6.45) is 6.30. The van der Waals surface area contributed by atoms with Gasteiger partial charge in [0.05, 0.1) is 6.10 Å². The van der Waals surface area contributed by atoms with E-state index in [4.69, 9.17) is 10.5 Å². The number of hydrogen-bond donors (Lipinski definition) is 2. The molecule has 1 amide bonds. The lowest BCUT2D eigenvalue weighted by molar-refractivity contribution is -0.133. The lowest BCUT2D eigenvalue weighted by Gasteiger charge is -2.41. The van der Waals surface area contributed by atoms with Crippen LogP contribution in [0.3, 0.4) is 0 Å². The molecule has 0 aromatic heterocycles. The van der Waals surface area contributed by atoms with Gasteiger partial charge in [0.25, 0.3) is 0 Å². The van der Waals surface area contributed by atoms with Crippen molar-refractivity contribution < 1.29 is 9.53 Å². The number of halogens is 1. The normalized spacial score (nSPS) is 33.3. The first-order chi connectivity index (χ1) is 9.41. The van der Waals surface area contributed by atoms with E-state index in [-0.39, 0.29) is 35.9 Å². The van der Waals surface area contributed by atoms with E-state index >= 15 is 0 Å². The van der Waals surface area contributed by atoms with Crippen LogP contribution in [0.2, 0.25) is 0 Å². The SMILES string of the molecule is CC(C)(C)C1CCCCC1NC(=O)[C@@H]1CC[C@H](CN)O1.Cl. The number of rotatable bonds is 3. The van der Waals surface area contributed by atoms with E-state index in [2.05, 4.69) is 26.1 Å². The van der Waals surface area contributed by atoms with Crippen molar-refractivity contribution in [3.05, 3.63) is 0 Å². The van der Waals surface area contributed by atoms with E-state index in [0.29, 0.717) is 18.5 Å². The van der Waals surface area contributed by atoms with Crippen molar-refractivity contribution in [2.45, 2.75) is 77.5 Å². The van der Waals surface area contributed by atoms with Gasteiger partial charge in [0.2, 0.25) is 5.91 Å². The summed E-state index contributed by atoms with van der Waals surface area (Å²) in [6, 6.07) is 0.303. The Labute approximate surface area is 135 Å². The highest BCUT2D eigenvalue weighted by Crippen LogP contribution is 2.38. The van der Waals surface area contributed by atoms with Crippen molar-refractivity contribution in [1.29, 1.82) is 0 Å². The minimum Gasteiger partial charge on any atom is -0.364 e. The Kier molecular flexibility index (Phi) is 6.95. The van der Waals surface area contributed by atoms with E-state index in [1.165, 1.54) is 19.3 Å². The Morgan fingerprint density at radius 3 is 2.43 bits per heavy atom. The summed E-state index contributed by atoms with van der Waals surface area (Å²) >= 11 is 0. The summed E-state index contributed by atoms with van der Waals surface area (Å²) < 4.78 is 5.70. The maximum absolute atomic E-state index is 12.4. The number of ether oxygens (including phenoxy) is 1. The molecule has 3 N–H and O–H groups in total. The van der Waals surface area contributed by atoms with Gasteiger partial charge in [-0.05, 0) is 37.0 Å². The molecule has 4 nitrogen and oxygen atoms in total. The molecule has 1 heterocycles. The Balaban J connectivity index is 0.00000220. The molecule has 1 saturated carbocycles. The van der Waals surface area contributed by atoms with Crippen molar-refractivity contribution in [2.24, 2.45) is 17.1 Å². The molecular formula is C16H31ClN2O2. The number of amides is 1. The summed E-state index contributed by atoms with van der Waals surface area (Å²) in [6.45, 7) is 7.34. The van der Waals surface area contributed by atoms with Gasteiger partial charge in [-0.1, -0.05) is 33.6 Å². The topological polar surface area (TPSA) is 64.4 Å². The fraction of sp³-hybridized carbons (Fsp3) is 0.938. The zero-order valence-electron chi connectivity index (χ0n) is 13.6. The maximum atomic E-state index is 12.4. The predicted octanol–water partition coefficient (Wildman–Crippen LogP) is 2.64. The van der Waals surface area contributed by atoms with Crippen LogP contribution in [-0.4, -0.2) is 30.7 Å². The van der Waals surface area contributed by atoms with Crippen molar-refractivity contribution in [1.82, 2.24) is 5.32 Å². The molecule has 1 saturated heterocycles. The number of hydrogen-bond acceptors (Lipinski definition) is 3. The molecule has 1 aliphatic heterocycles. The Hall–Kier alpha value is -0.320. The molecule has 1 aliphatic carbocycles. The van der Waals surface area contributed by atoms with Gasteiger partial charge in [0.1, 0.15) is 6.10 Å². The lowest BCUT2D eigenvalue weighted by atomic mass is 9.69. The smallest absolute Gasteiger partial charge is 0.249 e. The molecule has 5 heteroatoms. The highest BCUT2D eigenvalue weighted by molar-refractivity contribution is 5.85. The predicted molar refractivity (Wildman–Crippen MR) is 87.5 cm³/mol. The summed E-state index contributed by atoms with van der Waals surface area (Å²) in [4.78, 5) is 12.4. The van der Waals surface area contributed by atoms with E-state index in [1.807, 2.05) is 0 Å². The molecule has 2 unspecified atom stereocenters. The second kappa shape index (κ2) is 7.80. The number of nitrogens with one attached hydrogen (secondary N) is 1. The van der Waals surface area contributed by atoms with Crippen LogP contribution in [0.15, 0.2) is 0 Å². The van der Waals surface area contributed by atoms with Crippen molar-refractivity contribution >= 4 is 18.3 Å². The largest absolute Gasteiger partial charge is 0.364 e. The fourth-order valence-electron chi connectivity index (χ4n) is 3.69. The van der Waals surface area contributed by atoms with Crippen LogP contribution >= 0.6 is 12.4 Å². The van der Waals surface area contributed by atoms with Gasteiger partial charge in [-0.25, -0.2) is 0 Å². The summed E-state index contributed by atoms with van der Waals surface area (Å²) in [5, 5.41) is 3.26. The Morgan fingerprint density at radius 1 is 1.19 bits per heavy atom. The summed E-state index contributed by atoms with van der Waals surface area (Å²) in [5.74, 6) is 0.633. The van der Waals surface area contributed by atoms with Crippen molar-refractivity contribution in [3.8, 4) is 0 Å². The Bertz CT molecular complexity index is 344. The average Bonchev–Trinajstić information content (AvgIpc) is 2.87. The molecule has 0 radical (unpaired) electrons. The van der Waals surface area contributed by atoms with Gasteiger partial charge >= 0.3 is 0 Å². The van der Waals surface area contributed by atoms with Crippen LogP contribution in [0.25, 0.3) is 0 Å². The molecule has 21 heavy (non-hydrogen) atoms. The third kappa shape index (κ3) is 4.83. The van der Waals surface area contributed by atoms with Gasteiger partial charge in [-0.3, -0.25) is 4.79 Å². The molecular weight excluding hydrogens is 288 g/mol. The van der Waals surface area contributed by atoms with Crippen LogP contribution in [0.1, 0.15) is 59.3 Å². The average molecular weight is 319 g/mol. The highest BCUT2D eigenvalue weighted by Gasteiger charge is 2.37. The first-order valence-corrected chi connectivity index (χ1v) is 8.07. The van der Waals surface area contributed by atoms with Gasteiger partial charge < -0.3 is 15.8 Å². The molecule has 2 aliphatic rings. The second-order valence-electron chi connectivity index (χ2n) is 7.43. The fourth-order valence-corrected chi connectivity index (χ4v) is 3.69. The minimum absolute atomic E-state index is 0. The molecule has 0 bridgehead atoms. The molecule has 2 fully saturated rings. The quantitative estimate of drug-likeness (QED) is 0.840. The first-order valence-electron chi connectivity index (χ1n) is 8.07. The molecule has 2 rings (SSSR count). The molecule has 0 aromatic rings. The van der Waals surface area contributed by atoms with E-state index in [0.717, 1.165) is 19.3 Å². The van der Waals surface area contributed by atoms with Crippen molar-refractivity contribution in [2.75, 3.05) is 6.54 Å². The van der Waals surface area contributed by atoms with Gasteiger partial charge in [-0.15, -0.1) is 12.4 Å². The zero-order valence-corrected chi connectivity index (χ0v) is 14.4. The summed E-state index contributed by atoms with van der Waals surface area (Å²) in [5.41, 5.74) is 5.85. The standard InChI is InChI=1S/C16H30N2O2.ClH/c1-16(2,3)12-6-4-5-7-13(12)18-15(19)14-9-8-11(10-17)20-14;/h11-14H,4-10,17H2,1-3H3,(H,18,19);1H/t11-,12?,13?,14+;/m1./s1. The van der Waals surface area contributed by atoms with Crippen LogP contribution in [0.5, 0.6) is 0 Å². The number of carbonyl (C=O) groups is 1. The number of nitrogens with two attached hydrogens (primary N) is 1. The van der Waals surface area contributed by atoms with Gasteiger partial charge in [0, 0.05) is 12.6 Å². The number of carbonyl (C=O) groups excluding carboxylic acids is 1. The Morgan fingerprint density at radius 2 is 1.86 bits per heavy atom. The molecule has 124 valence electrons. The van der Waals surface area contributed by atoms with E-state index in [1.54, 1.807) is 0 Å². The monoisotopic (exact) mass is 318 g/mol. The molecule has 0 aromatic carbocycles. The minimum atomic E-state index is -0.286. The van der Waals surface area contributed by atoms with Crippen LogP contribution in [0.4, 0.5) is 0 Å². The van der Waals surface area contributed by atoms with Gasteiger partial charge in [0.15, 0.2) is 0 Å². The first kappa shape index (κ1) is 18.7. The van der Waals surface area contributed by atoms with Crippen LogP contribution in [0, 0.1) is 11.3 Å². The van der Waals surface area contributed by atoms with E-state index in [9.17, 15) is 4.79 Å². The van der Waals surface area contributed by atoms with Gasteiger partial charge in [-0.2, -0.15) is 0 Å². The molecule has 0 spiro atoms. The summed E-state index contributed by atoms with van der Waals surface area (Å²) in [7, 11) is 0. The second-order valence-corrected chi connectivity index (χ2v) is 7.43. The van der Waals surface area contributed by atoms with Crippen LogP contribution < -0.4 is 11.1 Å². The lowest BCUT2D eigenvalue weighted by Crippen LogP contribution is -2.49.